The Hall–Kier alpha value is -2.37. The van der Waals surface area contributed by atoms with Crippen molar-refractivity contribution in [1.82, 2.24) is 5.32 Å². The zero-order valence-corrected chi connectivity index (χ0v) is 45.0. The molecular weight excluding hydrogens is 875 g/mol. The molecule has 6 N–H and O–H groups in total. The van der Waals surface area contributed by atoms with Gasteiger partial charge in [0.05, 0.1) is 25.4 Å². The van der Waals surface area contributed by atoms with Crippen molar-refractivity contribution in [3.05, 3.63) is 72.9 Å². The first-order valence-corrected chi connectivity index (χ1v) is 29.1. The zero-order valence-electron chi connectivity index (χ0n) is 45.0. The maximum Gasteiger partial charge on any atom is 0.220 e. The van der Waals surface area contributed by atoms with Crippen LogP contribution in [-0.2, 0) is 14.3 Å². The number of aliphatic hydroxyl groups is 5. The highest BCUT2D eigenvalue weighted by Gasteiger charge is 2.44. The van der Waals surface area contributed by atoms with Crippen molar-refractivity contribution >= 4 is 5.91 Å². The van der Waals surface area contributed by atoms with Gasteiger partial charge in [0.15, 0.2) is 6.29 Å². The van der Waals surface area contributed by atoms with E-state index in [1.807, 2.05) is 0 Å². The third kappa shape index (κ3) is 39.2. The van der Waals surface area contributed by atoms with Gasteiger partial charge in [-0.1, -0.05) is 254 Å². The second kappa shape index (κ2) is 50.2. The summed E-state index contributed by atoms with van der Waals surface area (Å²) in [5.74, 6) is -0.159. The molecule has 0 aromatic rings. The smallest absolute Gasteiger partial charge is 0.220 e. The second-order valence-corrected chi connectivity index (χ2v) is 20.1. The first kappa shape index (κ1) is 65.6. The first-order chi connectivity index (χ1) is 34.3. The molecule has 7 atom stereocenters. The minimum absolute atomic E-state index is 0.147. The molecular formula is C61H109NO8. The number of nitrogens with one attached hydrogen (secondary N) is 1. The fourth-order valence-electron chi connectivity index (χ4n) is 8.99. The largest absolute Gasteiger partial charge is 0.394 e. The lowest BCUT2D eigenvalue weighted by Gasteiger charge is -2.40. The molecule has 0 spiro atoms. The summed E-state index contributed by atoms with van der Waals surface area (Å²) in [5, 5.41) is 54.7. The van der Waals surface area contributed by atoms with E-state index in [9.17, 15) is 30.3 Å². The number of hydrogen-bond donors (Lipinski definition) is 6. The van der Waals surface area contributed by atoms with Crippen LogP contribution >= 0.6 is 0 Å². The molecule has 1 aliphatic rings. The lowest BCUT2D eigenvalue weighted by Crippen LogP contribution is -2.60. The quantitative estimate of drug-likeness (QED) is 0.0261. The van der Waals surface area contributed by atoms with Crippen LogP contribution in [0.25, 0.3) is 0 Å². The fourth-order valence-corrected chi connectivity index (χ4v) is 8.99. The van der Waals surface area contributed by atoms with Crippen LogP contribution < -0.4 is 5.32 Å². The Kier molecular flexibility index (Phi) is 47.1. The average Bonchev–Trinajstić information content (AvgIpc) is 3.36. The summed E-state index contributed by atoms with van der Waals surface area (Å²) in [4.78, 5) is 13.1. The predicted octanol–water partition coefficient (Wildman–Crippen LogP) is 14.5. The van der Waals surface area contributed by atoms with Gasteiger partial charge < -0.3 is 40.3 Å². The van der Waals surface area contributed by atoms with Gasteiger partial charge in [-0.25, -0.2) is 0 Å². The summed E-state index contributed by atoms with van der Waals surface area (Å²) >= 11 is 0. The van der Waals surface area contributed by atoms with Crippen LogP contribution in [0.2, 0.25) is 0 Å². The van der Waals surface area contributed by atoms with Crippen molar-refractivity contribution in [2.24, 2.45) is 0 Å². The summed E-state index contributed by atoms with van der Waals surface area (Å²) in [6, 6.07) is -0.733. The van der Waals surface area contributed by atoms with Crippen LogP contribution in [0.5, 0.6) is 0 Å². The molecule has 1 fully saturated rings. The molecule has 0 aromatic carbocycles. The van der Waals surface area contributed by atoms with E-state index < -0.39 is 49.5 Å². The minimum atomic E-state index is -1.56. The van der Waals surface area contributed by atoms with E-state index in [2.05, 4.69) is 92.1 Å². The maximum atomic E-state index is 13.1. The summed E-state index contributed by atoms with van der Waals surface area (Å²) < 4.78 is 11.3. The molecule has 1 heterocycles. The molecule has 9 heteroatoms. The molecule has 0 aliphatic carbocycles. The van der Waals surface area contributed by atoms with Crippen molar-refractivity contribution < 1.29 is 39.8 Å². The van der Waals surface area contributed by atoms with Crippen molar-refractivity contribution in [2.75, 3.05) is 13.2 Å². The third-order valence-electron chi connectivity index (χ3n) is 13.6. The fraction of sp³-hybridized carbons (Fsp3) is 0.787. The average molecular weight is 985 g/mol. The number of carbonyl (C=O) groups excluding carboxylic acids is 1. The highest BCUT2D eigenvalue weighted by Crippen LogP contribution is 2.23. The molecule has 0 radical (unpaired) electrons. The molecule has 0 aromatic heterocycles. The Balaban J connectivity index is 2.24. The van der Waals surface area contributed by atoms with Gasteiger partial charge >= 0.3 is 0 Å². The van der Waals surface area contributed by atoms with Crippen LogP contribution in [0.1, 0.15) is 251 Å². The molecule has 406 valence electrons. The molecule has 7 unspecified atom stereocenters. The molecule has 9 nitrogen and oxygen atoms in total. The monoisotopic (exact) mass is 984 g/mol. The van der Waals surface area contributed by atoms with Gasteiger partial charge in [0.1, 0.15) is 24.4 Å². The van der Waals surface area contributed by atoms with Crippen LogP contribution in [-0.4, -0.2) is 87.5 Å². The maximum absolute atomic E-state index is 13.1. The Morgan fingerprint density at radius 2 is 0.886 bits per heavy atom. The number of allylic oxidation sites excluding steroid dienone is 12. The molecule has 1 saturated heterocycles. The number of ether oxygens (including phenoxy) is 2. The van der Waals surface area contributed by atoms with Crippen molar-refractivity contribution in [1.29, 1.82) is 0 Å². The van der Waals surface area contributed by atoms with Gasteiger partial charge in [0.25, 0.3) is 0 Å². The number of rotatable bonds is 49. The van der Waals surface area contributed by atoms with E-state index in [1.54, 1.807) is 0 Å². The predicted molar refractivity (Wildman–Crippen MR) is 295 cm³/mol. The Morgan fingerprint density at radius 3 is 1.31 bits per heavy atom. The lowest BCUT2D eigenvalue weighted by molar-refractivity contribution is -0.302. The van der Waals surface area contributed by atoms with E-state index in [1.165, 1.54) is 128 Å². The van der Waals surface area contributed by atoms with Crippen LogP contribution in [0.15, 0.2) is 72.9 Å². The number of hydrogen-bond acceptors (Lipinski definition) is 8. The topological polar surface area (TPSA) is 149 Å². The molecule has 1 rings (SSSR count). The minimum Gasteiger partial charge on any atom is -0.394 e. The number of unbranched alkanes of at least 4 members (excludes halogenated alkanes) is 27. The molecule has 0 bridgehead atoms. The zero-order chi connectivity index (χ0) is 50.8. The van der Waals surface area contributed by atoms with Gasteiger partial charge in [-0.3, -0.25) is 4.79 Å². The van der Waals surface area contributed by atoms with E-state index in [0.29, 0.717) is 12.8 Å². The number of amides is 1. The molecule has 1 aliphatic heterocycles. The van der Waals surface area contributed by atoms with Crippen LogP contribution in [0.4, 0.5) is 0 Å². The summed E-state index contributed by atoms with van der Waals surface area (Å²) in [5.41, 5.74) is 0. The van der Waals surface area contributed by atoms with Crippen LogP contribution in [0, 0.1) is 0 Å². The summed E-state index contributed by atoms with van der Waals surface area (Å²) in [7, 11) is 0. The second-order valence-electron chi connectivity index (χ2n) is 20.1. The van der Waals surface area contributed by atoms with E-state index in [0.717, 1.165) is 96.3 Å². The van der Waals surface area contributed by atoms with Gasteiger partial charge in [0, 0.05) is 6.42 Å². The Bertz CT molecular complexity index is 1330. The van der Waals surface area contributed by atoms with E-state index >= 15 is 0 Å². The summed E-state index contributed by atoms with van der Waals surface area (Å²) in [6.45, 7) is 3.73. The first-order valence-electron chi connectivity index (χ1n) is 29.1. The standard InChI is InChI=1S/C61H109NO8/c1-3-5-7-9-11-13-15-17-19-21-23-25-27-28-29-31-33-35-37-39-41-43-45-47-49-51-57(65)62-54(53-69-61-60(68)59(67)58(66)56(52-63)70-61)55(64)50-48-46-44-42-40-38-36-34-32-30-26-24-22-20-18-16-14-12-10-8-6-4-2/h5,7,11,13,17,19,23,25,28-29,33,35,54-56,58-61,63-64,66-68H,3-4,6,8-10,12,14-16,18,20-22,24,26-27,30-32,34,36-53H2,1-2H3,(H,62,65)/b7-5-,13-11-,19-17-,25-23-,29-28-,35-33-. The highest BCUT2D eigenvalue weighted by atomic mass is 16.7. The van der Waals surface area contributed by atoms with Gasteiger partial charge in [0.2, 0.25) is 5.91 Å². The van der Waals surface area contributed by atoms with Gasteiger partial charge in [-0.2, -0.15) is 0 Å². The van der Waals surface area contributed by atoms with Crippen molar-refractivity contribution in [3.63, 3.8) is 0 Å². The normalized spacial score (nSPS) is 19.9. The Labute approximate surface area is 429 Å². The number of carbonyl (C=O) groups is 1. The summed E-state index contributed by atoms with van der Waals surface area (Å²) in [6.07, 6.45) is 62.0. The van der Waals surface area contributed by atoms with E-state index in [4.69, 9.17) is 9.47 Å². The van der Waals surface area contributed by atoms with Crippen LogP contribution in [0.3, 0.4) is 0 Å². The SMILES string of the molecule is CC/C=C\C/C=C\C/C=C\C/C=C\C/C=C\C/C=C\CCCCCCCCC(=O)NC(COC1OC(CO)C(O)C(O)C1O)C(O)CCCCCCCCCCCCCCCCCCCCCCCC. The highest BCUT2D eigenvalue weighted by molar-refractivity contribution is 5.76. The molecule has 1 amide bonds. The third-order valence-corrected chi connectivity index (χ3v) is 13.6. The van der Waals surface area contributed by atoms with Gasteiger partial charge in [-0.15, -0.1) is 0 Å². The Morgan fingerprint density at radius 1 is 0.500 bits per heavy atom. The van der Waals surface area contributed by atoms with Crippen molar-refractivity contribution in [3.8, 4) is 0 Å². The number of aliphatic hydroxyl groups excluding tert-OH is 5. The van der Waals surface area contributed by atoms with E-state index in [-0.39, 0.29) is 12.5 Å². The van der Waals surface area contributed by atoms with Gasteiger partial charge in [-0.05, 0) is 64.2 Å². The molecule has 0 saturated carbocycles. The molecule has 70 heavy (non-hydrogen) atoms. The van der Waals surface area contributed by atoms with Crippen molar-refractivity contribution in [2.45, 2.75) is 294 Å². The lowest BCUT2D eigenvalue weighted by atomic mass is 9.99.